The lowest BCUT2D eigenvalue weighted by atomic mass is 10.1. The van der Waals surface area contributed by atoms with Crippen LogP contribution in [-0.2, 0) is 4.84 Å². The predicted molar refractivity (Wildman–Crippen MR) is 80.1 cm³/mol. The molecule has 0 saturated heterocycles. The Morgan fingerprint density at radius 1 is 0.957 bits per heavy atom. The van der Waals surface area contributed by atoms with Gasteiger partial charge in [0.15, 0.2) is 0 Å². The normalized spacial score (nSPS) is 13.0. The summed E-state index contributed by atoms with van der Waals surface area (Å²) in [6, 6.07) is 11.3. The van der Waals surface area contributed by atoms with E-state index in [0.717, 1.165) is 0 Å². The Labute approximate surface area is 132 Å². The molecule has 1 heterocycles. The van der Waals surface area contributed by atoms with Crippen molar-refractivity contribution in [3.8, 4) is 5.75 Å². The lowest BCUT2D eigenvalue weighted by Gasteiger charge is -2.15. The van der Waals surface area contributed by atoms with Crippen LogP contribution in [0, 0.1) is 6.92 Å². The molecule has 6 heteroatoms. The van der Waals surface area contributed by atoms with E-state index < -0.39 is 17.8 Å². The topological polar surface area (TPSA) is 72.9 Å². The summed E-state index contributed by atoms with van der Waals surface area (Å²) in [4.78, 5) is 41.9. The smallest absolute Gasteiger partial charge is 0.367 e. The van der Waals surface area contributed by atoms with Gasteiger partial charge in [-0.15, -0.1) is 0 Å². The van der Waals surface area contributed by atoms with Crippen LogP contribution in [0.1, 0.15) is 36.6 Å². The molecule has 2 aromatic rings. The van der Waals surface area contributed by atoms with Gasteiger partial charge in [0.25, 0.3) is 11.8 Å². The van der Waals surface area contributed by atoms with Crippen molar-refractivity contribution < 1.29 is 24.0 Å². The van der Waals surface area contributed by atoms with E-state index in [1.54, 1.807) is 37.3 Å². The molecule has 0 atom stereocenters. The summed E-state index contributed by atoms with van der Waals surface area (Å²) in [6.07, 6.45) is 0. The molecule has 0 unspecified atom stereocenters. The Morgan fingerprint density at radius 2 is 1.57 bits per heavy atom. The number of amides is 2. The molecule has 0 N–H and O–H groups in total. The minimum atomic E-state index is -0.825. The van der Waals surface area contributed by atoms with Crippen LogP contribution in [-0.4, -0.2) is 30.0 Å². The van der Waals surface area contributed by atoms with Crippen molar-refractivity contribution in [2.24, 2.45) is 0 Å². The second-order valence-electron chi connectivity index (χ2n) is 4.98. The number of benzene rings is 2. The zero-order valence-corrected chi connectivity index (χ0v) is 12.5. The third-order valence-corrected chi connectivity index (χ3v) is 3.59. The van der Waals surface area contributed by atoms with Crippen LogP contribution < -0.4 is 4.74 Å². The number of hydrogen-bond donors (Lipinski definition) is 0. The number of hydrogen-bond acceptors (Lipinski definition) is 5. The molecule has 1 aliphatic rings. The van der Waals surface area contributed by atoms with Gasteiger partial charge in [-0.25, -0.2) is 4.79 Å². The lowest BCUT2D eigenvalue weighted by Crippen LogP contribution is -2.33. The molecule has 116 valence electrons. The SMILES string of the molecule is COc1cccc(C)c1C(=O)ON1C(=O)c2ccccc2C1=O. The van der Waals surface area contributed by atoms with Crippen LogP contribution in [0.5, 0.6) is 5.75 Å². The average Bonchev–Trinajstić information content (AvgIpc) is 2.80. The number of ether oxygens (including phenoxy) is 1. The standard InChI is InChI=1S/C17H13NO5/c1-10-6-5-9-13(22-2)14(10)17(21)23-18-15(19)11-7-3-4-8-12(11)16(18)20/h3-9H,1-2H3. The van der Waals surface area contributed by atoms with E-state index in [2.05, 4.69) is 0 Å². The van der Waals surface area contributed by atoms with Crippen molar-refractivity contribution in [2.75, 3.05) is 7.11 Å². The number of nitrogens with zero attached hydrogens (tertiary/aromatic N) is 1. The highest BCUT2D eigenvalue weighted by Crippen LogP contribution is 2.26. The molecular formula is C17H13NO5. The molecule has 0 fully saturated rings. The maximum absolute atomic E-state index is 12.4. The van der Waals surface area contributed by atoms with Crippen molar-refractivity contribution in [1.29, 1.82) is 0 Å². The van der Waals surface area contributed by atoms with Gasteiger partial charge in [0, 0.05) is 0 Å². The predicted octanol–water partition coefficient (Wildman–Crippen LogP) is 2.37. The van der Waals surface area contributed by atoms with Crippen molar-refractivity contribution in [3.63, 3.8) is 0 Å². The van der Waals surface area contributed by atoms with Gasteiger partial charge >= 0.3 is 5.97 Å². The summed E-state index contributed by atoms with van der Waals surface area (Å²) in [5, 5.41) is 0.485. The number of aryl methyl sites for hydroxylation is 1. The van der Waals surface area contributed by atoms with Crippen LogP contribution in [0.15, 0.2) is 42.5 Å². The third kappa shape index (κ3) is 2.34. The molecule has 2 amide bonds. The average molecular weight is 311 g/mol. The molecule has 0 aromatic heterocycles. The molecule has 0 radical (unpaired) electrons. The molecule has 0 aliphatic carbocycles. The van der Waals surface area contributed by atoms with Gasteiger partial charge < -0.3 is 9.57 Å². The number of fused-ring (bicyclic) bond motifs is 1. The number of methoxy groups -OCH3 is 1. The molecule has 23 heavy (non-hydrogen) atoms. The van der Waals surface area contributed by atoms with Gasteiger partial charge in [-0.1, -0.05) is 29.3 Å². The van der Waals surface area contributed by atoms with Crippen LogP contribution in [0.2, 0.25) is 0 Å². The highest BCUT2D eigenvalue weighted by Gasteiger charge is 2.39. The molecular weight excluding hydrogens is 298 g/mol. The summed E-state index contributed by atoms with van der Waals surface area (Å²) in [5.74, 6) is -1.83. The highest BCUT2D eigenvalue weighted by molar-refractivity contribution is 6.21. The minimum absolute atomic E-state index is 0.173. The molecule has 0 saturated carbocycles. The second-order valence-corrected chi connectivity index (χ2v) is 4.98. The van der Waals surface area contributed by atoms with E-state index in [1.165, 1.54) is 19.2 Å². The first-order valence-corrected chi connectivity index (χ1v) is 6.88. The largest absolute Gasteiger partial charge is 0.496 e. The first kappa shape index (κ1) is 14.8. The maximum Gasteiger partial charge on any atom is 0.367 e. The lowest BCUT2D eigenvalue weighted by molar-refractivity contribution is -0.0586. The summed E-state index contributed by atoms with van der Waals surface area (Å²) in [7, 11) is 1.42. The second kappa shape index (κ2) is 5.57. The first-order valence-electron chi connectivity index (χ1n) is 6.88. The van der Waals surface area contributed by atoms with Crippen molar-refractivity contribution in [2.45, 2.75) is 6.92 Å². The Bertz CT molecular complexity index is 792. The van der Waals surface area contributed by atoms with E-state index in [-0.39, 0.29) is 16.7 Å². The zero-order valence-electron chi connectivity index (χ0n) is 12.5. The van der Waals surface area contributed by atoms with Crippen LogP contribution in [0.4, 0.5) is 0 Å². The third-order valence-electron chi connectivity index (χ3n) is 3.59. The number of imide groups is 1. The molecule has 0 spiro atoms. The van der Waals surface area contributed by atoms with Crippen molar-refractivity contribution >= 4 is 17.8 Å². The highest BCUT2D eigenvalue weighted by atomic mass is 16.7. The fourth-order valence-electron chi connectivity index (χ4n) is 2.45. The Balaban J connectivity index is 1.91. The fourth-order valence-corrected chi connectivity index (χ4v) is 2.45. The van der Waals surface area contributed by atoms with E-state index in [4.69, 9.17) is 9.57 Å². The van der Waals surface area contributed by atoms with E-state index in [0.29, 0.717) is 16.4 Å². The van der Waals surface area contributed by atoms with E-state index >= 15 is 0 Å². The summed E-state index contributed by atoms with van der Waals surface area (Å²) >= 11 is 0. The molecule has 6 nitrogen and oxygen atoms in total. The maximum atomic E-state index is 12.4. The molecule has 0 bridgehead atoms. The van der Waals surface area contributed by atoms with Gasteiger partial charge in [-0.3, -0.25) is 9.59 Å². The fraction of sp³-hybridized carbons (Fsp3) is 0.118. The molecule has 1 aliphatic heterocycles. The van der Waals surface area contributed by atoms with Gasteiger partial charge in [-0.05, 0) is 30.7 Å². The molecule has 2 aromatic carbocycles. The van der Waals surface area contributed by atoms with Gasteiger partial charge in [-0.2, -0.15) is 0 Å². The number of carbonyl (C=O) groups excluding carboxylic acids is 3. The number of rotatable bonds is 3. The monoisotopic (exact) mass is 311 g/mol. The molecule has 3 rings (SSSR count). The van der Waals surface area contributed by atoms with Crippen molar-refractivity contribution in [1.82, 2.24) is 5.06 Å². The summed E-state index contributed by atoms with van der Waals surface area (Å²) in [5.41, 5.74) is 1.21. The summed E-state index contributed by atoms with van der Waals surface area (Å²) < 4.78 is 5.14. The van der Waals surface area contributed by atoms with Gasteiger partial charge in [0.05, 0.1) is 18.2 Å². The quantitative estimate of drug-likeness (QED) is 0.814. The van der Waals surface area contributed by atoms with Crippen molar-refractivity contribution in [3.05, 3.63) is 64.7 Å². The van der Waals surface area contributed by atoms with Gasteiger partial charge in [0.1, 0.15) is 11.3 Å². The zero-order chi connectivity index (χ0) is 16.6. The first-order chi connectivity index (χ1) is 11.0. The Kier molecular flexibility index (Phi) is 3.57. The number of hydroxylamine groups is 2. The van der Waals surface area contributed by atoms with Crippen LogP contribution >= 0.6 is 0 Å². The van der Waals surface area contributed by atoms with Crippen LogP contribution in [0.3, 0.4) is 0 Å². The van der Waals surface area contributed by atoms with Gasteiger partial charge in [0.2, 0.25) is 0 Å². The summed E-state index contributed by atoms with van der Waals surface area (Å²) in [6.45, 7) is 1.71. The Morgan fingerprint density at radius 3 is 2.13 bits per heavy atom. The number of carbonyl (C=O) groups is 3. The van der Waals surface area contributed by atoms with Crippen LogP contribution in [0.25, 0.3) is 0 Å². The van der Waals surface area contributed by atoms with E-state index in [9.17, 15) is 14.4 Å². The van der Waals surface area contributed by atoms with E-state index in [1.807, 2.05) is 0 Å². The Hall–Kier alpha value is -3.15. The minimum Gasteiger partial charge on any atom is -0.496 e.